The summed E-state index contributed by atoms with van der Waals surface area (Å²) in [6.07, 6.45) is 5.61. The Kier molecular flexibility index (Phi) is 5.12. The largest absolute Gasteiger partial charge is 0.506 e. The predicted octanol–water partition coefficient (Wildman–Crippen LogP) is 4.02. The van der Waals surface area contributed by atoms with Crippen LogP contribution < -0.4 is 0 Å². The molecule has 106 valence electrons. The van der Waals surface area contributed by atoms with Gasteiger partial charge in [-0.1, -0.05) is 31.5 Å². The first-order valence-corrected chi connectivity index (χ1v) is 7.78. The molecule has 1 aromatic rings. The minimum absolute atomic E-state index is 0.220. The fraction of sp³-hybridized carbons (Fsp3) is 0.625. The molecule has 0 saturated carbocycles. The Bertz CT molecular complexity index is 427. The van der Waals surface area contributed by atoms with Crippen LogP contribution in [0.15, 0.2) is 12.1 Å². The fourth-order valence-corrected chi connectivity index (χ4v) is 3.42. The maximum absolute atomic E-state index is 9.68. The second-order valence-electron chi connectivity index (χ2n) is 5.47. The van der Waals surface area contributed by atoms with Crippen molar-refractivity contribution in [3.05, 3.63) is 28.3 Å². The number of nitrogens with zero attached hydrogens (tertiary/aromatic N) is 1. The summed E-state index contributed by atoms with van der Waals surface area (Å²) in [6, 6.07) is 4.40. The van der Waals surface area contributed by atoms with Crippen LogP contribution in [0.25, 0.3) is 0 Å². The van der Waals surface area contributed by atoms with Gasteiger partial charge in [-0.25, -0.2) is 0 Å². The summed E-state index contributed by atoms with van der Waals surface area (Å²) in [4.78, 5) is 2.61. The lowest BCUT2D eigenvalue weighted by Gasteiger charge is -2.35. The molecule has 0 aromatic heterocycles. The van der Waals surface area contributed by atoms with Crippen molar-refractivity contribution in [1.29, 1.82) is 0 Å². The number of benzene rings is 1. The Morgan fingerprint density at radius 3 is 2.58 bits per heavy atom. The smallest absolute Gasteiger partial charge is 0.134 e. The molecule has 0 bridgehead atoms. The number of phenolic OH excluding ortho intramolecular Hbond substituents is 1. The molecule has 0 amide bonds. The third-order valence-electron chi connectivity index (χ3n) is 4.04. The van der Waals surface area contributed by atoms with Crippen molar-refractivity contribution in [2.75, 3.05) is 13.1 Å². The van der Waals surface area contributed by atoms with Crippen LogP contribution in [0.2, 0.25) is 5.02 Å². The Labute approximate surface area is 121 Å². The SMILES string of the molecule is CCCN(CCC)[C@@H]1CCc2c(ccc(O)c2Cl)C1. The topological polar surface area (TPSA) is 23.5 Å². The average molecular weight is 282 g/mol. The molecule has 0 spiro atoms. The van der Waals surface area contributed by atoms with E-state index in [2.05, 4.69) is 18.7 Å². The summed E-state index contributed by atoms with van der Waals surface area (Å²) in [7, 11) is 0. The summed E-state index contributed by atoms with van der Waals surface area (Å²) >= 11 is 6.20. The predicted molar refractivity (Wildman–Crippen MR) is 81.1 cm³/mol. The first-order valence-electron chi connectivity index (χ1n) is 7.40. The van der Waals surface area contributed by atoms with Crippen molar-refractivity contribution >= 4 is 11.6 Å². The number of fused-ring (bicyclic) bond motifs is 1. The highest BCUT2D eigenvalue weighted by Gasteiger charge is 2.25. The molecule has 0 radical (unpaired) electrons. The lowest BCUT2D eigenvalue weighted by Crippen LogP contribution is -2.40. The van der Waals surface area contributed by atoms with Crippen LogP contribution in [0.3, 0.4) is 0 Å². The van der Waals surface area contributed by atoms with Crippen molar-refractivity contribution in [3.8, 4) is 5.75 Å². The number of hydrogen-bond donors (Lipinski definition) is 1. The Balaban J connectivity index is 2.15. The molecule has 19 heavy (non-hydrogen) atoms. The van der Waals surface area contributed by atoms with Crippen LogP contribution in [-0.2, 0) is 12.8 Å². The molecular weight excluding hydrogens is 258 g/mol. The number of aromatic hydroxyl groups is 1. The molecular formula is C16H24ClNO. The van der Waals surface area contributed by atoms with Crippen LogP contribution in [0.5, 0.6) is 5.75 Å². The summed E-state index contributed by atoms with van der Waals surface area (Å²) in [6.45, 7) is 6.85. The Morgan fingerprint density at radius 2 is 1.95 bits per heavy atom. The van der Waals surface area contributed by atoms with Gasteiger partial charge in [-0.2, -0.15) is 0 Å². The summed E-state index contributed by atoms with van der Waals surface area (Å²) in [5.74, 6) is 0.220. The van der Waals surface area contributed by atoms with Crippen LogP contribution in [0, 0.1) is 0 Å². The van der Waals surface area contributed by atoms with Crippen molar-refractivity contribution in [3.63, 3.8) is 0 Å². The zero-order chi connectivity index (χ0) is 13.8. The molecule has 0 fully saturated rings. The van der Waals surface area contributed by atoms with E-state index >= 15 is 0 Å². The van der Waals surface area contributed by atoms with E-state index in [1.807, 2.05) is 6.07 Å². The maximum Gasteiger partial charge on any atom is 0.134 e. The number of phenols is 1. The second kappa shape index (κ2) is 6.62. The molecule has 1 aromatic carbocycles. The van der Waals surface area contributed by atoms with Gasteiger partial charge in [0.15, 0.2) is 0 Å². The monoisotopic (exact) mass is 281 g/mol. The van der Waals surface area contributed by atoms with Gasteiger partial charge in [-0.15, -0.1) is 0 Å². The van der Waals surface area contributed by atoms with Gasteiger partial charge in [-0.3, -0.25) is 0 Å². The highest BCUT2D eigenvalue weighted by molar-refractivity contribution is 6.32. The van der Waals surface area contributed by atoms with Gasteiger partial charge in [0.2, 0.25) is 0 Å². The van der Waals surface area contributed by atoms with E-state index in [0.29, 0.717) is 11.1 Å². The maximum atomic E-state index is 9.68. The summed E-state index contributed by atoms with van der Waals surface area (Å²) in [5, 5.41) is 10.2. The van der Waals surface area contributed by atoms with Crippen LogP contribution in [0.4, 0.5) is 0 Å². The van der Waals surface area contributed by atoms with Gasteiger partial charge in [-0.05, 0) is 62.4 Å². The first-order chi connectivity index (χ1) is 9.17. The Morgan fingerprint density at radius 1 is 1.26 bits per heavy atom. The highest BCUT2D eigenvalue weighted by Crippen LogP contribution is 2.35. The quantitative estimate of drug-likeness (QED) is 0.881. The summed E-state index contributed by atoms with van der Waals surface area (Å²) in [5.41, 5.74) is 2.47. The zero-order valence-electron chi connectivity index (χ0n) is 12.0. The minimum Gasteiger partial charge on any atom is -0.506 e. The van der Waals surface area contributed by atoms with Crippen LogP contribution >= 0.6 is 11.6 Å². The molecule has 2 rings (SSSR count). The minimum atomic E-state index is 0.220. The number of hydrogen-bond acceptors (Lipinski definition) is 2. The van der Waals surface area contributed by atoms with Crippen molar-refractivity contribution in [2.24, 2.45) is 0 Å². The van der Waals surface area contributed by atoms with Gasteiger partial charge < -0.3 is 10.0 Å². The van der Waals surface area contributed by atoms with Gasteiger partial charge in [0, 0.05) is 6.04 Å². The molecule has 1 aliphatic carbocycles. The van der Waals surface area contributed by atoms with E-state index in [9.17, 15) is 5.11 Å². The normalized spacial score (nSPS) is 18.6. The lowest BCUT2D eigenvalue weighted by molar-refractivity contribution is 0.180. The third-order valence-corrected chi connectivity index (χ3v) is 4.46. The molecule has 2 nitrogen and oxygen atoms in total. The Hall–Kier alpha value is -0.730. The van der Waals surface area contributed by atoms with Crippen molar-refractivity contribution in [1.82, 2.24) is 4.90 Å². The van der Waals surface area contributed by atoms with E-state index in [1.54, 1.807) is 6.07 Å². The van der Waals surface area contributed by atoms with Gasteiger partial charge in [0.25, 0.3) is 0 Å². The molecule has 1 atom stereocenters. The third kappa shape index (κ3) is 3.24. The highest BCUT2D eigenvalue weighted by atomic mass is 35.5. The molecule has 0 heterocycles. The number of rotatable bonds is 5. The summed E-state index contributed by atoms with van der Waals surface area (Å²) < 4.78 is 0. The van der Waals surface area contributed by atoms with Crippen LogP contribution in [-0.4, -0.2) is 29.1 Å². The second-order valence-corrected chi connectivity index (χ2v) is 5.85. The molecule has 0 unspecified atom stereocenters. The molecule has 1 aliphatic rings. The average Bonchev–Trinajstić information content (AvgIpc) is 2.42. The number of halogens is 1. The van der Waals surface area contributed by atoms with E-state index in [-0.39, 0.29) is 5.75 Å². The molecule has 3 heteroatoms. The van der Waals surface area contributed by atoms with E-state index in [4.69, 9.17) is 11.6 Å². The van der Waals surface area contributed by atoms with E-state index < -0.39 is 0 Å². The van der Waals surface area contributed by atoms with Gasteiger partial charge in [0.1, 0.15) is 5.75 Å². The van der Waals surface area contributed by atoms with Crippen molar-refractivity contribution < 1.29 is 5.11 Å². The van der Waals surface area contributed by atoms with E-state index in [1.165, 1.54) is 31.5 Å². The molecule has 0 aliphatic heterocycles. The fourth-order valence-electron chi connectivity index (χ4n) is 3.14. The first kappa shape index (κ1) is 14.7. The van der Waals surface area contributed by atoms with E-state index in [0.717, 1.165) is 24.8 Å². The standard InChI is InChI=1S/C16H24ClNO/c1-3-9-18(10-4-2)13-6-7-14-12(11-13)5-8-15(19)16(14)17/h5,8,13,19H,3-4,6-7,9-11H2,1-2H3/t13-/m1/s1. The van der Waals surface area contributed by atoms with Crippen LogP contribution in [0.1, 0.15) is 44.2 Å². The van der Waals surface area contributed by atoms with Gasteiger partial charge in [0.05, 0.1) is 5.02 Å². The van der Waals surface area contributed by atoms with Crippen molar-refractivity contribution in [2.45, 2.75) is 52.0 Å². The molecule has 0 saturated heterocycles. The zero-order valence-corrected chi connectivity index (χ0v) is 12.7. The molecule has 1 N–H and O–H groups in total. The lowest BCUT2D eigenvalue weighted by atomic mass is 9.87. The van der Waals surface area contributed by atoms with Gasteiger partial charge >= 0.3 is 0 Å².